The van der Waals surface area contributed by atoms with Gasteiger partial charge in [0.1, 0.15) is 19.6 Å². The van der Waals surface area contributed by atoms with Crippen molar-refractivity contribution in [2.24, 2.45) is 0 Å². The van der Waals surface area contributed by atoms with Gasteiger partial charge in [0.05, 0.1) is 12.2 Å². The monoisotopic (exact) mass is 414 g/mol. The Morgan fingerprint density at radius 2 is 1.40 bits per heavy atom. The van der Waals surface area contributed by atoms with Gasteiger partial charge in [-0.3, -0.25) is 0 Å². The van der Waals surface area contributed by atoms with Gasteiger partial charge in [-0.1, -0.05) is 65.5 Å². The van der Waals surface area contributed by atoms with Gasteiger partial charge in [-0.05, 0) is 61.4 Å². The van der Waals surface area contributed by atoms with Crippen molar-refractivity contribution in [3.63, 3.8) is 0 Å². The summed E-state index contributed by atoms with van der Waals surface area (Å²) in [5, 5.41) is 4.51. The summed E-state index contributed by atoms with van der Waals surface area (Å²) in [5.41, 5.74) is 0.526. The number of hydrogen-bond donors (Lipinski definition) is 0. The van der Waals surface area contributed by atoms with Crippen LogP contribution < -0.4 is 9.92 Å². The van der Waals surface area contributed by atoms with Crippen LogP contribution in [0.2, 0.25) is 6.55 Å². The lowest BCUT2D eigenvalue weighted by molar-refractivity contribution is 0.0526. The van der Waals surface area contributed by atoms with Gasteiger partial charge in [0.2, 0.25) is 0 Å². The maximum atomic E-state index is 11.8. The molecule has 0 aliphatic heterocycles. The third-order valence-corrected chi connectivity index (χ3v) is 10.7. The third-order valence-electron chi connectivity index (χ3n) is 5.86. The minimum atomic E-state index is -1.91. The average Bonchev–Trinajstić information content (AvgIpc) is 3.49. The molecule has 2 aliphatic rings. The summed E-state index contributed by atoms with van der Waals surface area (Å²) in [6.45, 7) is 4.62. The highest BCUT2D eigenvalue weighted by Gasteiger charge is 2.37. The quantitative estimate of drug-likeness (QED) is 0.425. The van der Waals surface area contributed by atoms with Gasteiger partial charge in [-0.2, -0.15) is 0 Å². The third kappa shape index (κ3) is 3.96. The molecule has 152 valence electrons. The Morgan fingerprint density at radius 3 is 1.87 bits per heavy atom. The number of rotatable bonds is 7. The van der Waals surface area contributed by atoms with E-state index in [1.54, 1.807) is 41.6 Å². The van der Waals surface area contributed by atoms with Gasteiger partial charge in [0, 0.05) is 0 Å². The number of allylic oxidation sites excluding steroid dienone is 8. The van der Waals surface area contributed by atoms with E-state index in [4.69, 9.17) is 9.47 Å². The summed E-state index contributed by atoms with van der Waals surface area (Å²) in [6.07, 6.45) is 15.6. The molecule has 0 aromatic heterocycles. The van der Waals surface area contributed by atoms with E-state index in [9.17, 15) is 4.79 Å². The maximum absolute atomic E-state index is 11.8. The summed E-state index contributed by atoms with van der Waals surface area (Å²) < 4.78 is 11.0. The Bertz CT molecular complexity index is 1010. The van der Waals surface area contributed by atoms with Crippen LogP contribution in [0.1, 0.15) is 30.1 Å². The molecule has 0 amide bonds. The summed E-state index contributed by atoms with van der Waals surface area (Å²) in [7, 11) is -1.91. The van der Waals surface area contributed by atoms with E-state index in [1.165, 1.54) is 5.19 Å². The van der Waals surface area contributed by atoms with Crippen molar-refractivity contribution >= 4 is 19.2 Å². The Kier molecular flexibility index (Phi) is 5.86. The molecule has 0 saturated heterocycles. The van der Waals surface area contributed by atoms with Crippen LogP contribution in [0.15, 0.2) is 95.4 Å². The fraction of sp³-hybridized carbons (Fsp3) is 0.192. The van der Waals surface area contributed by atoms with Crippen molar-refractivity contribution in [2.75, 3.05) is 6.61 Å². The average molecular weight is 415 g/mol. The number of carbonyl (C=O) groups is 1. The number of ether oxygens (including phenoxy) is 2. The van der Waals surface area contributed by atoms with Gasteiger partial charge < -0.3 is 9.47 Å². The van der Waals surface area contributed by atoms with Crippen molar-refractivity contribution in [1.29, 1.82) is 0 Å². The fourth-order valence-corrected chi connectivity index (χ4v) is 7.98. The maximum Gasteiger partial charge on any atom is 0.338 e. The number of benzene rings is 2. The summed E-state index contributed by atoms with van der Waals surface area (Å²) in [4.78, 5) is 11.8. The Labute approximate surface area is 179 Å². The smallest absolute Gasteiger partial charge is 0.338 e. The van der Waals surface area contributed by atoms with Crippen LogP contribution in [0.5, 0.6) is 11.5 Å². The fourth-order valence-electron chi connectivity index (χ4n) is 4.08. The molecule has 0 saturated carbocycles. The van der Waals surface area contributed by atoms with Gasteiger partial charge in [0.15, 0.2) is 0 Å². The lowest BCUT2D eigenvalue weighted by atomic mass is 10.2. The molecule has 0 atom stereocenters. The first-order chi connectivity index (χ1) is 14.6. The second-order valence-electron chi connectivity index (χ2n) is 7.64. The first-order valence-electron chi connectivity index (χ1n) is 10.4. The molecule has 0 radical (unpaired) electrons. The Balaban J connectivity index is 1.52. The van der Waals surface area contributed by atoms with E-state index < -0.39 is 8.07 Å². The van der Waals surface area contributed by atoms with Gasteiger partial charge >= 0.3 is 5.97 Å². The van der Waals surface area contributed by atoms with Crippen molar-refractivity contribution in [1.82, 2.24) is 0 Å². The molecule has 0 unspecified atom stereocenters. The predicted molar refractivity (Wildman–Crippen MR) is 124 cm³/mol. The standard InChI is InChI=1S/C26H26O3Si/c1-3-28-26(27)20-12-14-21(15-13-20)29-22-16-18-25(19-17-22)30(2,23-8-4-5-9-23)24-10-6-7-11-24/h4-8,10,12-19H,3,9,11H2,1-2H3. The largest absolute Gasteiger partial charge is 0.462 e. The number of carbonyl (C=O) groups excluding carboxylic acids is 1. The van der Waals surface area contributed by atoms with E-state index in [2.05, 4.69) is 55.1 Å². The normalized spacial score (nSPS) is 15.1. The highest BCUT2D eigenvalue weighted by atomic mass is 28.3. The van der Waals surface area contributed by atoms with Crippen LogP contribution in [0.4, 0.5) is 0 Å². The van der Waals surface area contributed by atoms with Crippen molar-refractivity contribution in [2.45, 2.75) is 26.3 Å². The molecule has 0 fully saturated rings. The molecule has 0 spiro atoms. The SMILES string of the molecule is CCOC(=O)c1ccc(Oc2ccc([Si](C)(C3=CC=CC3)C3=CC=CC3)cc2)cc1. The van der Waals surface area contributed by atoms with Crippen LogP contribution in [0.3, 0.4) is 0 Å². The highest BCUT2D eigenvalue weighted by Crippen LogP contribution is 2.33. The zero-order valence-electron chi connectivity index (χ0n) is 17.4. The van der Waals surface area contributed by atoms with Crippen molar-refractivity contribution in [3.05, 3.63) is 101 Å². The van der Waals surface area contributed by atoms with Crippen LogP contribution in [-0.4, -0.2) is 20.7 Å². The van der Waals surface area contributed by atoms with E-state index in [0.717, 1.165) is 18.6 Å². The van der Waals surface area contributed by atoms with Crippen LogP contribution >= 0.6 is 0 Å². The highest BCUT2D eigenvalue weighted by molar-refractivity contribution is 7.02. The van der Waals surface area contributed by atoms with Gasteiger partial charge in [0.25, 0.3) is 0 Å². The van der Waals surface area contributed by atoms with E-state index in [-0.39, 0.29) is 5.97 Å². The molecule has 0 N–H and O–H groups in total. The van der Waals surface area contributed by atoms with E-state index in [1.807, 2.05) is 12.1 Å². The topological polar surface area (TPSA) is 35.5 Å². The molecule has 4 rings (SSSR count). The molecule has 3 nitrogen and oxygen atoms in total. The second kappa shape index (κ2) is 8.72. The minimum absolute atomic E-state index is 0.316. The van der Waals surface area contributed by atoms with E-state index in [0.29, 0.717) is 17.9 Å². The van der Waals surface area contributed by atoms with Crippen LogP contribution in [0, 0.1) is 0 Å². The first-order valence-corrected chi connectivity index (χ1v) is 12.9. The molecular formula is C26H26O3Si. The zero-order valence-corrected chi connectivity index (χ0v) is 18.4. The lowest BCUT2D eigenvalue weighted by Crippen LogP contribution is -2.48. The van der Waals surface area contributed by atoms with Crippen LogP contribution in [-0.2, 0) is 4.74 Å². The van der Waals surface area contributed by atoms with Crippen molar-refractivity contribution < 1.29 is 14.3 Å². The molecule has 30 heavy (non-hydrogen) atoms. The molecular weight excluding hydrogens is 388 g/mol. The zero-order chi connectivity index (χ0) is 21.0. The number of esters is 1. The Hall–Kier alpha value is -3.11. The summed E-state index contributed by atoms with van der Waals surface area (Å²) in [6, 6.07) is 15.6. The number of hydrogen-bond acceptors (Lipinski definition) is 3. The minimum Gasteiger partial charge on any atom is -0.462 e. The van der Waals surface area contributed by atoms with E-state index >= 15 is 0 Å². The Morgan fingerprint density at radius 1 is 0.867 bits per heavy atom. The predicted octanol–water partition coefficient (Wildman–Crippen LogP) is 5.79. The first kappa shape index (κ1) is 20.2. The van der Waals surface area contributed by atoms with Crippen molar-refractivity contribution in [3.8, 4) is 11.5 Å². The molecule has 0 bridgehead atoms. The molecule has 0 heterocycles. The molecule has 2 aromatic rings. The van der Waals surface area contributed by atoms with Gasteiger partial charge in [-0.15, -0.1) is 0 Å². The molecule has 4 heteroatoms. The summed E-state index contributed by atoms with van der Waals surface area (Å²) >= 11 is 0. The lowest BCUT2D eigenvalue weighted by Gasteiger charge is -2.32. The second-order valence-corrected chi connectivity index (χ2v) is 11.8. The summed E-state index contributed by atoms with van der Waals surface area (Å²) in [5.74, 6) is 1.17. The molecule has 2 aromatic carbocycles. The van der Waals surface area contributed by atoms with Gasteiger partial charge in [-0.25, -0.2) is 4.79 Å². The van der Waals surface area contributed by atoms with Crippen LogP contribution in [0.25, 0.3) is 0 Å². The molecule has 2 aliphatic carbocycles.